The Kier molecular flexibility index (Phi) is 7.21. The summed E-state index contributed by atoms with van der Waals surface area (Å²) in [6.07, 6.45) is 2.69. The first-order chi connectivity index (χ1) is 16.6. The Morgan fingerprint density at radius 3 is 1.68 bits per heavy atom. The molecule has 5 heteroatoms. The summed E-state index contributed by atoms with van der Waals surface area (Å²) in [5.41, 5.74) is 0.897. The van der Waals surface area contributed by atoms with Gasteiger partial charge in [-0.2, -0.15) is 0 Å². The Morgan fingerprint density at radius 2 is 1.21 bits per heavy atom. The van der Waals surface area contributed by atoms with Gasteiger partial charge >= 0.3 is 0 Å². The molecule has 0 unspecified atom stereocenters. The number of aryl methyl sites for hydroxylation is 1. The molecule has 0 N–H and O–H groups in total. The smallest absolute Gasteiger partial charge is 0.262 e. The molecule has 0 bridgehead atoms. The third-order valence-electron chi connectivity index (χ3n) is 6.40. The number of hydrazine groups is 1. The first kappa shape index (κ1) is 23.4. The van der Waals surface area contributed by atoms with Crippen molar-refractivity contribution in [3.05, 3.63) is 96.6 Å². The third kappa shape index (κ3) is 4.65. The number of para-hydroxylation sites is 2. The Morgan fingerprint density at radius 1 is 0.735 bits per heavy atom. The summed E-state index contributed by atoms with van der Waals surface area (Å²) in [7, 11) is 0. The summed E-state index contributed by atoms with van der Waals surface area (Å²) in [5, 5.41) is 2.91. The molecule has 0 saturated carbocycles. The zero-order chi connectivity index (χ0) is 24.0. The maximum atomic E-state index is 14.0. The van der Waals surface area contributed by atoms with Gasteiger partial charge in [0.25, 0.3) is 11.8 Å². The van der Waals surface area contributed by atoms with E-state index in [0.29, 0.717) is 37.1 Å². The van der Waals surface area contributed by atoms with Crippen molar-refractivity contribution in [1.29, 1.82) is 0 Å². The van der Waals surface area contributed by atoms with Crippen LogP contribution in [0.2, 0.25) is 0 Å². The molecule has 5 nitrogen and oxygen atoms in total. The lowest BCUT2D eigenvalue weighted by Crippen LogP contribution is -2.41. The van der Waals surface area contributed by atoms with Gasteiger partial charge in [-0.05, 0) is 42.7 Å². The monoisotopic (exact) mass is 454 g/mol. The highest BCUT2D eigenvalue weighted by Gasteiger charge is 2.59. The Balaban J connectivity index is 1.69. The van der Waals surface area contributed by atoms with Crippen LogP contribution in [0, 0.1) is 5.41 Å². The topological polar surface area (TPSA) is 57.7 Å². The van der Waals surface area contributed by atoms with E-state index in [1.807, 2.05) is 97.9 Å². The van der Waals surface area contributed by atoms with Gasteiger partial charge in [-0.3, -0.25) is 14.4 Å². The molecule has 1 heterocycles. The number of anilines is 2. The fourth-order valence-electron chi connectivity index (χ4n) is 4.57. The number of benzene rings is 3. The molecule has 0 radical (unpaired) electrons. The minimum absolute atomic E-state index is 0.0652. The standard InChI is InChI=1S/C29H30N2O3/c1-2-3-21-29(22-26(32)20-19-23-13-7-4-8-14-23)27(33)30(24-15-9-5-10-16-24)31(28(29)34)25-17-11-6-12-18-25/h4-18H,2-3,19-22H2,1H3. The van der Waals surface area contributed by atoms with Gasteiger partial charge in [-0.1, -0.05) is 86.5 Å². The van der Waals surface area contributed by atoms with Crippen LogP contribution in [0.1, 0.15) is 44.6 Å². The second-order valence-corrected chi connectivity index (χ2v) is 8.79. The summed E-state index contributed by atoms with van der Waals surface area (Å²) in [6.45, 7) is 2.03. The van der Waals surface area contributed by atoms with Gasteiger partial charge in [0.2, 0.25) is 0 Å². The highest BCUT2D eigenvalue weighted by Crippen LogP contribution is 2.44. The van der Waals surface area contributed by atoms with Crippen molar-refractivity contribution in [2.45, 2.75) is 45.4 Å². The van der Waals surface area contributed by atoms with Crippen molar-refractivity contribution in [1.82, 2.24) is 0 Å². The van der Waals surface area contributed by atoms with Crippen LogP contribution in [-0.2, 0) is 20.8 Å². The highest BCUT2D eigenvalue weighted by atomic mass is 16.2. The van der Waals surface area contributed by atoms with Crippen LogP contribution in [0.25, 0.3) is 0 Å². The van der Waals surface area contributed by atoms with Crippen molar-refractivity contribution < 1.29 is 14.4 Å². The van der Waals surface area contributed by atoms with E-state index in [1.165, 1.54) is 10.0 Å². The van der Waals surface area contributed by atoms with E-state index in [9.17, 15) is 14.4 Å². The van der Waals surface area contributed by atoms with E-state index in [0.717, 1.165) is 12.0 Å². The SMILES string of the molecule is CCCCC1(CC(=O)CCc2ccccc2)C(=O)N(c2ccccc2)N(c2ccccc2)C1=O. The van der Waals surface area contributed by atoms with Crippen molar-refractivity contribution in [2.75, 3.05) is 10.0 Å². The minimum atomic E-state index is -1.39. The van der Waals surface area contributed by atoms with E-state index < -0.39 is 5.41 Å². The lowest BCUT2D eigenvalue weighted by Gasteiger charge is -2.27. The molecule has 1 aliphatic rings. The number of nitrogens with zero attached hydrogens (tertiary/aromatic N) is 2. The van der Waals surface area contributed by atoms with Crippen LogP contribution in [0.4, 0.5) is 11.4 Å². The van der Waals surface area contributed by atoms with Crippen molar-refractivity contribution >= 4 is 29.0 Å². The molecule has 34 heavy (non-hydrogen) atoms. The number of rotatable bonds is 10. The largest absolute Gasteiger partial charge is 0.300 e. The fraction of sp³-hybridized carbons (Fsp3) is 0.276. The van der Waals surface area contributed by atoms with E-state index >= 15 is 0 Å². The van der Waals surface area contributed by atoms with Crippen molar-refractivity contribution in [2.24, 2.45) is 5.41 Å². The first-order valence-corrected chi connectivity index (χ1v) is 11.9. The van der Waals surface area contributed by atoms with Gasteiger partial charge in [0.15, 0.2) is 0 Å². The molecular weight excluding hydrogens is 424 g/mol. The maximum absolute atomic E-state index is 14.0. The summed E-state index contributed by atoms with van der Waals surface area (Å²) in [4.78, 5) is 41.3. The number of amides is 2. The quantitative estimate of drug-likeness (QED) is 0.367. The molecule has 1 saturated heterocycles. The number of unbranched alkanes of at least 4 members (excludes halogenated alkanes) is 1. The number of hydrogen-bond acceptors (Lipinski definition) is 3. The average Bonchev–Trinajstić information content (AvgIpc) is 3.09. The van der Waals surface area contributed by atoms with Crippen molar-refractivity contribution in [3.8, 4) is 0 Å². The number of hydrogen-bond donors (Lipinski definition) is 0. The van der Waals surface area contributed by atoms with Crippen LogP contribution in [0.5, 0.6) is 0 Å². The lowest BCUT2D eigenvalue weighted by atomic mass is 9.76. The normalized spacial score (nSPS) is 15.1. The van der Waals surface area contributed by atoms with E-state index in [-0.39, 0.29) is 24.0 Å². The lowest BCUT2D eigenvalue weighted by molar-refractivity contribution is -0.140. The molecule has 3 aromatic carbocycles. The second-order valence-electron chi connectivity index (χ2n) is 8.79. The zero-order valence-electron chi connectivity index (χ0n) is 19.5. The van der Waals surface area contributed by atoms with Crippen LogP contribution >= 0.6 is 0 Å². The molecule has 1 aliphatic heterocycles. The molecule has 1 fully saturated rings. The molecule has 174 valence electrons. The third-order valence-corrected chi connectivity index (χ3v) is 6.40. The number of ketones is 1. The summed E-state index contributed by atoms with van der Waals surface area (Å²) in [6, 6.07) is 28.2. The van der Waals surface area contributed by atoms with Crippen LogP contribution in [0.3, 0.4) is 0 Å². The van der Waals surface area contributed by atoms with E-state index in [4.69, 9.17) is 0 Å². The molecule has 2 amide bonds. The second kappa shape index (κ2) is 10.5. The number of Topliss-reactive ketones (excluding diaryl/α,β-unsaturated/α-hetero) is 1. The molecule has 0 aliphatic carbocycles. The Bertz CT molecular complexity index is 1070. The van der Waals surface area contributed by atoms with Gasteiger partial charge in [-0.15, -0.1) is 0 Å². The maximum Gasteiger partial charge on any atom is 0.262 e. The first-order valence-electron chi connectivity index (χ1n) is 11.9. The molecule has 0 spiro atoms. The Hall–Kier alpha value is -3.73. The van der Waals surface area contributed by atoms with Gasteiger partial charge in [0.1, 0.15) is 11.2 Å². The fourth-order valence-corrected chi connectivity index (χ4v) is 4.57. The molecule has 3 aromatic rings. The Labute approximate surface area is 201 Å². The highest BCUT2D eigenvalue weighted by molar-refractivity contribution is 6.27. The van der Waals surface area contributed by atoms with Gasteiger partial charge in [-0.25, -0.2) is 10.0 Å². The van der Waals surface area contributed by atoms with Crippen LogP contribution in [-0.4, -0.2) is 17.6 Å². The molecule has 0 atom stereocenters. The van der Waals surface area contributed by atoms with E-state index in [1.54, 1.807) is 0 Å². The molecular formula is C29H30N2O3. The zero-order valence-corrected chi connectivity index (χ0v) is 19.5. The average molecular weight is 455 g/mol. The summed E-state index contributed by atoms with van der Waals surface area (Å²) >= 11 is 0. The van der Waals surface area contributed by atoms with Gasteiger partial charge in [0, 0.05) is 12.8 Å². The molecule has 4 rings (SSSR count). The van der Waals surface area contributed by atoms with Gasteiger partial charge in [0.05, 0.1) is 11.4 Å². The van der Waals surface area contributed by atoms with Crippen LogP contribution in [0.15, 0.2) is 91.0 Å². The predicted molar refractivity (Wildman–Crippen MR) is 134 cm³/mol. The van der Waals surface area contributed by atoms with Gasteiger partial charge < -0.3 is 0 Å². The predicted octanol–water partition coefficient (Wildman–Crippen LogP) is 5.75. The number of carbonyl (C=O) groups excluding carboxylic acids is 3. The van der Waals surface area contributed by atoms with Crippen LogP contribution < -0.4 is 10.0 Å². The summed E-state index contributed by atoms with van der Waals surface area (Å²) < 4.78 is 0. The van der Waals surface area contributed by atoms with E-state index in [2.05, 4.69) is 0 Å². The summed E-state index contributed by atoms with van der Waals surface area (Å²) in [5.74, 6) is -0.715. The molecule has 0 aromatic heterocycles. The van der Waals surface area contributed by atoms with Crippen molar-refractivity contribution in [3.63, 3.8) is 0 Å². The number of carbonyl (C=O) groups is 3. The minimum Gasteiger partial charge on any atom is -0.300 e.